The van der Waals surface area contributed by atoms with Crippen molar-refractivity contribution >= 4 is 17.6 Å². The lowest BCUT2D eigenvalue weighted by Crippen LogP contribution is -2.38. The average molecular weight is 445 g/mol. The number of hydrogen-bond acceptors (Lipinski definition) is 3. The number of ether oxygens (including phenoxy) is 1. The minimum Gasteiger partial charge on any atom is -0.481 e. The molecule has 0 radical (unpaired) electrons. The van der Waals surface area contributed by atoms with Crippen LogP contribution in [-0.2, 0) is 21.2 Å². The number of carbonyl (C=O) groups is 2. The van der Waals surface area contributed by atoms with Crippen molar-refractivity contribution in [3.63, 3.8) is 0 Å². The molecule has 1 aliphatic rings. The van der Waals surface area contributed by atoms with Crippen LogP contribution in [0.2, 0.25) is 0 Å². The van der Waals surface area contributed by atoms with Crippen LogP contribution in [0.3, 0.4) is 0 Å². The topological polar surface area (TPSA) is 66.8 Å². The predicted octanol–water partition coefficient (Wildman–Crippen LogP) is 4.95. The summed E-state index contributed by atoms with van der Waals surface area (Å²) >= 11 is 0. The molecular formula is C24H22F3NO4. The highest BCUT2D eigenvalue weighted by atomic mass is 19.4. The Labute approximate surface area is 183 Å². The van der Waals surface area contributed by atoms with E-state index in [2.05, 4.69) is 11.8 Å². The van der Waals surface area contributed by atoms with Gasteiger partial charge >= 0.3 is 12.1 Å². The van der Waals surface area contributed by atoms with Crippen LogP contribution < -0.4 is 9.64 Å². The molecule has 1 atom stereocenters. The number of alkyl halides is 3. The fourth-order valence-corrected chi connectivity index (χ4v) is 3.68. The minimum atomic E-state index is -4.50. The summed E-state index contributed by atoms with van der Waals surface area (Å²) in [4.78, 5) is 25.2. The van der Waals surface area contributed by atoms with E-state index in [1.807, 2.05) is 0 Å². The highest BCUT2D eigenvalue weighted by Crippen LogP contribution is 2.44. The summed E-state index contributed by atoms with van der Waals surface area (Å²) < 4.78 is 45.1. The number of halogens is 3. The third-order valence-electron chi connectivity index (χ3n) is 5.41. The number of amides is 1. The second-order valence-electron chi connectivity index (χ2n) is 7.98. The maximum absolute atomic E-state index is 13.1. The van der Waals surface area contributed by atoms with E-state index in [1.54, 1.807) is 45.0 Å². The Morgan fingerprint density at radius 1 is 1.19 bits per heavy atom. The second-order valence-corrected chi connectivity index (χ2v) is 7.98. The number of anilines is 1. The first-order chi connectivity index (χ1) is 14.9. The number of aliphatic carboxylic acids is 1. The Balaban J connectivity index is 1.78. The van der Waals surface area contributed by atoms with Gasteiger partial charge in [-0.25, -0.2) is 0 Å². The van der Waals surface area contributed by atoms with Crippen molar-refractivity contribution < 1.29 is 32.6 Å². The number of carbonyl (C=O) groups excluding carboxylic acids is 1. The molecule has 0 saturated carbocycles. The summed E-state index contributed by atoms with van der Waals surface area (Å²) in [5.74, 6) is 4.24. The highest BCUT2D eigenvalue weighted by Gasteiger charge is 2.45. The molecule has 1 aliphatic heterocycles. The number of carboxylic acids is 1. The van der Waals surface area contributed by atoms with Crippen molar-refractivity contribution in [2.45, 2.75) is 44.7 Å². The molecule has 1 amide bonds. The summed E-state index contributed by atoms with van der Waals surface area (Å²) in [7, 11) is 0. The fraction of sp³-hybridized carbons (Fsp3) is 0.333. The third kappa shape index (κ3) is 4.57. The lowest BCUT2D eigenvalue weighted by Gasteiger charge is -2.21. The molecule has 2 aromatic carbocycles. The van der Waals surface area contributed by atoms with E-state index in [4.69, 9.17) is 9.84 Å². The molecule has 2 aromatic rings. The first-order valence-corrected chi connectivity index (χ1v) is 9.85. The zero-order valence-electron chi connectivity index (χ0n) is 17.8. The Hall–Kier alpha value is -3.47. The van der Waals surface area contributed by atoms with E-state index in [0.717, 1.165) is 17.7 Å². The van der Waals surface area contributed by atoms with Crippen molar-refractivity contribution in [2.75, 3.05) is 11.6 Å². The standard InChI is InChI=1S/C24H22F3NO4/c1-4-5-16(12-21(29)30)15-6-9-18(10-7-15)32-14-28-20-11-8-17(24(25,26)27)13-19(20)23(2,3)22(28)31/h6-11,13,16H,12,14H2,1-3H3,(H,29,30). The Morgan fingerprint density at radius 3 is 2.41 bits per heavy atom. The van der Waals surface area contributed by atoms with Crippen molar-refractivity contribution in [2.24, 2.45) is 0 Å². The number of carboxylic acid groups (broad SMARTS) is 1. The smallest absolute Gasteiger partial charge is 0.416 e. The minimum absolute atomic E-state index is 0.130. The van der Waals surface area contributed by atoms with Crippen LogP contribution in [0, 0.1) is 11.8 Å². The number of benzene rings is 2. The monoisotopic (exact) mass is 445 g/mol. The lowest BCUT2D eigenvalue weighted by atomic mass is 9.85. The molecule has 0 bridgehead atoms. The van der Waals surface area contributed by atoms with E-state index in [0.29, 0.717) is 17.0 Å². The molecule has 0 spiro atoms. The molecule has 32 heavy (non-hydrogen) atoms. The molecule has 8 heteroatoms. The zero-order chi connectivity index (χ0) is 23.7. The molecular weight excluding hydrogens is 423 g/mol. The molecule has 1 heterocycles. The van der Waals surface area contributed by atoms with Gasteiger partial charge < -0.3 is 9.84 Å². The molecule has 0 fully saturated rings. The van der Waals surface area contributed by atoms with Gasteiger partial charge in [-0.05, 0) is 62.2 Å². The lowest BCUT2D eigenvalue weighted by molar-refractivity contribution is -0.138. The van der Waals surface area contributed by atoms with E-state index in [1.165, 1.54) is 11.0 Å². The molecule has 0 aromatic heterocycles. The van der Waals surface area contributed by atoms with Gasteiger partial charge in [-0.3, -0.25) is 14.5 Å². The van der Waals surface area contributed by atoms with Crippen LogP contribution >= 0.6 is 0 Å². The van der Waals surface area contributed by atoms with Gasteiger partial charge in [0.2, 0.25) is 5.91 Å². The summed E-state index contributed by atoms with van der Waals surface area (Å²) in [5, 5.41) is 9.05. The summed E-state index contributed by atoms with van der Waals surface area (Å²) in [6.45, 7) is 4.63. The molecule has 1 N–H and O–H groups in total. The molecule has 0 aliphatic carbocycles. The Kier molecular flexibility index (Phi) is 6.22. The summed E-state index contributed by atoms with van der Waals surface area (Å²) in [6.07, 6.45) is -4.63. The molecule has 1 unspecified atom stereocenters. The predicted molar refractivity (Wildman–Crippen MR) is 112 cm³/mol. The molecule has 0 saturated heterocycles. The van der Waals surface area contributed by atoms with Crippen LogP contribution in [-0.4, -0.2) is 23.7 Å². The van der Waals surface area contributed by atoms with Gasteiger partial charge in [0.1, 0.15) is 5.75 Å². The normalized spacial score (nSPS) is 15.6. The maximum atomic E-state index is 13.1. The van der Waals surface area contributed by atoms with Gasteiger partial charge in [0.05, 0.1) is 29.0 Å². The van der Waals surface area contributed by atoms with Gasteiger partial charge in [-0.1, -0.05) is 18.1 Å². The van der Waals surface area contributed by atoms with E-state index >= 15 is 0 Å². The Bertz CT molecular complexity index is 1090. The quantitative estimate of drug-likeness (QED) is 0.639. The van der Waals surface area contributed by atoms with Crippen molar-refractivity contribution in [1.29, 1.82) is 0 Å². The van der Waals surface area contributed by atoms with E-state index in [-0.39, 0.29) is 19.1 Å². The van der Waals surface area contributed by atoms with Gasteiger partial charge in [-0.2, -0.15) is 13.2 Å². The van der Waals surface area contributed by atoms with Crippen LogP contribution in [0.1, 0.15) is 49.8 Å². The van der Waals surface area contributed by atoms with Crippen LogP contribution in [0.5, 0.6) is 5.75 Å². The van der Waals surface area contributed by atoms with Crippen LogP contribution in [0.15, 0.2) is 42.5 Å². The van der Waals surface area contributed by atoms with Crippen molar-refractivity contribution in [3.8, 4) is 17.6 Å². The zero-order valence-corrected chi connectivity index (χ0v) is 17.8. The summed E-state index contributed by atoms with van der Waals surface area (Å²) in [6, 6.07) is 9.93. The summed E-state index contributed by atoms with van der Waals surface area (Å²) in [5.41, 5.74) is -0.526. The van der Waals surface area contributed by atoms with Gasteiger partial charge in [-0.15, -0.1) is 5.92 Å². The maximum Gasteiger partial charge on any atom is 0.416 e. The van der Waals surface area contributed by atoms with Crippen molar-refractivity contribution in [1.82, 2.24) is 0 Å². The van der Waals surface area contributed by atoms with Crippen LogP contribution in [0.4, 0.5) is 18.9 Å². The highest BCUT2D eigenvalue weighted by molar-refractivity contribution is 6.07. The Morgan fingerprint density at radius 2 is 1.84 bits per heavy atom. The number of fused-ring (bicyclic) bond motifs is 1. The molecule has 168 valence electrons. The fourth-order valence-electron chi connectivity index (χ4n) is 3.68. The van der Waals surface area contributed by atoms with Gasteiger partial charge in [0, 0.05) is 0 Å². The third-order valence-corrected chi connectivity index (χ3v) is 5.41. The average Bonchev–Trinajstić information content (AvgIpc) is 2.91. The number of hydrogen-bond donors (Lipinski definition) is 1. The number of rotatable bonds is 6. The first-order valence-electron chi connectivity index (χ1n) is 9.85. The van der Waals surface area contributed by atoms with Crippen LogP contribution in [0.25, 0.3) is 0 Å². The first kappa shape index (κ1) is 23.2. The van der Waals surface area contributed by atoms with Gasteiger partial charge in [0.25, 0.3) is 0 Å². The van der Waals surface area contributed by atoms with Gasteiger partial charge in [0.15, 0.2) is 6.73 Å². The SMILES string of the molecule is CC#CC(CC(=O)O)c1ccc(OCN2C(=O)C(C)(C)c3cc(C(F)(F)F)ccc32)cc1. The molecule has 5 nitrogen and oxygen atoms in total. The van der Waals surface area contributed by atoms with Crippen molar-refractivity contribution in [3.05, 3.63) is 59.2 Å². The van der Waals surface area contributed by atoms with E-state index in [9.17, 15) is 22.8 Å². The van der Waals surface area contributed by atoms with E-state index < -0.39 is 29.0 Å². The number of nitrogens with zero attached hydrogens (tertiary/aromatic N) is 1. The largest absolute Gasteiger partial charge is 0.481 e. The molecule has 3 rings (SSSR count). The second kappa shape index (κ2) is 8.58.